The molecule has 0 aliphatic carbocycles. The van der Waals surface area contributed by atoms with Gasteiger partial charge in [0.2, 0.25) is 0 Å². The lowest BCUT2D eigenvalue weighted by Crippen LogP contribution is -2.41. The minimum atomic E-state index is -0.299. The summed E-state index contributed by atoms with van der Waals surface area (Å²) in [7, 11) is 1.54. The van der Waals surface area contributed by atoms with Gasteiger partial charge in [-0.15, -0.1) is 0 Å². The number of amidine groups is 1. The second kappa shape index (κ2) is 6.71. The molecule has 1 aliphatic heterocycles. The van der Waals surface area contributed by atoms with Crippen LogP contribution in [-0.4, -0.2) is 35.6 Å². The highest BCUT2D eigenvalue weighted by Crippen LogP contribution is 2.22. The van der Waals surface area contributed by atoms with Gasteiger partial charge in [0.25, 0.3) is 5.91 Å². The standard InChI is InChI=1S/C13H15N3O2S2/c1-8-4-3-5-9(10(8)18-2)11(17)15-12(19)16-13-14-6-7-20-13/h3-5H,6-7H2,1-2H3,(H2,14,15,16,17,19). The van der Waals surface area contributed by atoms with Gasteiger partial charge >= 0.3 is 0 Å². The van der Waals surface area contributed by atoms with Crippen molar-refractivity contribution < 1.29 is 9.53 Å². The van der Waals surface area contributed by atoms with Crippen LogP contribution in [0, 0.1) is 6.92 Å². The van der Waals surface area contributed by atoms with E-state index in [0.717, 1.165) is 23.0 Å². The number of methoxy groups -OCH3 is 1. The predicted molar refractivity (Wildman–Crippen MR) is 85.7 cm³/mol. The average Bonchev–Trinajstić information content (AvgIpc) is 2.90. The van der Waals surface area contributed by atoms with Gasteiger partial charge in [-0.1, -0.05) is 23.9 Å². The molecule has 0 bridgehead atoms. The minimum absolute atomic E-state index is 0.242. The van der Waals surface area contributed by atoms with Gasteiger partial charge in [-0.3, -0.25) is 15.1 Å². The first-order chi connectivity index (χ1) is 9.61. The van der Waals surface area contributed by atoms with Gasteiger partial charge < -0.3 is 10.1 Å². The summed E-state index contributed by atoms with van der Waals surface area (Å²) in [5, 5.41) is 6.52. The summed E-state index contributed by atoms with van der Waals surface area (Å²) in [6, 6.07) is 5.39. The largest absolute Gasteiger partial charge is 0.496 e. The number of aryl methyl sites for hydroxylation is 1. The Morgan fingerprint density at radius 1 is 1.50 bits per heavy atom. The number of aliphatic imine (C=N–C) groups is 1. The van der Waals surface area contributed by atoms with Crippen LogP contribution in [0.3, 0.4) is 0 Å². The fourth-order valence-electron chi connectivity index (χ4n) is 1.81. The highest BCUT2D eigenvalue weighted by Gasteiger charge is 2.16. The third-order valence-corrected chi connectivity index (χ3v) is 3.79. The third kappa shape index (κ3) is 3.49. The first-order valence-corrected chi connectivity index (χ1v) is 7.44. The van der Waals surface area contributed by atoms with E-state index in [0.29, 0.717) is 11.3 Å². The maximum Gasteiger partial charge on any atom is 0.261 e. The normalized spacial score (nSPS) is 13.6. The number of rotatable bonds is 2. The number of carbonyl (C=O) groups excluding carboxylic acids is 1. The Morgan fingerprint density at radius 3 is 2.95 bits per heavy atom. The highest BCUT2D eigenvalue weighted by atomic mass is 32.2. The molecule has 0 unspecified atom stereocenters. The van der Waals surface area contributed by atoms with E-state index in [-0.39, 0.29) is 11.0 Å². The van der Waals surface area contributed by atoms with Crippen molar-refractivity contribution in [2.24, 2.45) is 4.99 Å². The number of thiocarbonyl (C=S) groups is 1. The van der Waals surface area contributed by atoms with E-state index in [9.17, 15) is 4.79 Å². The van der Waals surface area contributed by atoms with Crippen LogP contribution in [0.15, 0.2) is 23.2 Å². The number of para-hydroxylation sites is 1. The fourth-order valence-corrected chi connectivity index (χ4v) is 2.80. The molecule has 0 saturated carbocycles. The molecule has 0 atom stereocenters. The van der Waals surface area contributed by atoms with E-state index >= 15 is 0 Å². The predicted octanol–water partition coefficient (Wildman–Crippen LogP) is 1.71. The molecule has 1 amide bonds. The number of thioether (sulfide) groups is 1. The Balaban J connectivity index is 2.04. The van der Waals surface area contributed by atoms with Crippen LogP contribution >= 0.6 is 24.0 Å². The van der Waals surface area contributed by atoms with Gasteiger partial charge in [0.15, 0.2) is 10.3 Å². The molecule has 2 rings (SSSR count). The molecule has 0 spiro atoms. The Labute approximate surface area is 127 Å². The van der Waals surface area contributed by atoms with Crippen molar-refractivity contribution in [2.45, 2.75) is 6.92 Å². The zero-order valence-electron chi connectivity index (χ0n) is 11.2. The topological polar surface area (TPSA) is 62.7 Å². The molecule has 0 radical (unpaired) electrons. The lowest BCUT2D eigenvalue weighted by atomic mass is 10.1. The first kappa shape index (κ1) is 14.8. The van der Waals surface area contributed by atoms with Crippen molar-refractivity contribution in [3.63, 3.8) is 0 Å². The quantitative estimate of drug-likeness (QED) is 0.814. The van der Waals surface area contributed by atoms with Crippen molar-refractivity contribution >= 4 is 40.2 Å². The lowest BCUT2D eigenvalue weighted by molar-refractivity contribution is 0.0974. The molecule has 1 heterocycles. The van der Waals surface area contributed by atoms with E-state index in [1.807, 2.05) is 13.0 Å². The van der Waals surface area contributed by atoms with Crippen LogP contribution in [0.2, 0.25) is 0 Å². The molecule has 1 aromatic rings. The van der Waals surface area contributed by atoms with Gasteiger partial charge in [0.05, 0.1) is 19.2 Å². The molecule has 7 heteroatoms. The summed E-state index contributed by atoms with van der Waals surface area (Å²) in [6.07, 6.45) is 0. The van der Waals surface area contributed by atoms with Crippen molar-refractivity contribution in [3.05, 3.63) is 29.3 Å². The van der Waals surface area contributed by atoms with Crippen LogP contribution in [-0.2, 0) is 0 Å². The molecule has 0 saturated heterocycles. The molecule has 1 aliphatic rings. The Kier molecular flexibility index (Phi) is 4.97. The van der Waals surface area contributed by atoms with Crippen molar-refractivity contribution in [3.8, 4) is 5.75 Å². The van der Waals surface area contributed by atoms with E-state index in [2.05, 4.69) is 15.6 Å². The SMILES string of the molecule is COc1c(C)cccc1C(=O)NC(=S)NC1=NCCS1. The molecular weight excluding hydrogens is 294 g/mol. The van der Waals surface area contributed by atoms with Crippen LogP contribution < -0.4 is 15.4 Å². The smallest absolute Gasteiger partial charge is 0.261 e. The number of ether oxygens (including phenoxy) is 1. The van der Waals surface area contributed by atoms with Crippen molar-refractivity contribution in [2.75, 3.05) is 19.4 Å². The molecule has 5 nitrogen and oxygen atoms in total. The molecule has 0 aromatic heterocycles. The zero-order chi connectivity index (χ0) is 14.5. The van der Waals surface area contributed by atoms with Gasteiger partial charge in [-0.2, -0.15) is 0 Å². The first-order valence-electron chi connectivity index (χ1n) is 6.05. The number of hydrogen-bond acceptors (Lipinski definition) is 5. The lowest BCUT2D eigenvalue weighted by Gasteiger charge is -2.12. The van der Waals surface area contributed by atoms with E-state index in [1.54, 1.807) is 31.0 Å². The average molecular weight is 309 g/mol. The van der Waals surface area contributed by atoms with Crippen LogP contribution in [0.1, 0.15) is 15.9 Å². The van der Waals surface area contributed by atoms with E-state index in [4.69, 9.17) is 17.0 Å². The molecule has 1 aromatic carbocycles. The Morgan fingerprint density at radius 2 is 2.30 bits per heavy atom. The number of nitrogens with zero attached hydrogens (tertiary/aromatic N) is 1. The Hall–Kier alpha value is -1.60. The van der Waals surface area contributed by atoms with Gasteiger partial charge in [0, 0.05) is 5.75 Å². The Bertz CT molecular complexity index is 573. The monoisotopic (exact) mass is 309 g/mol. The molecule has 106 valence electrons. The van der Waals surface area contributed by atoms with E-state index < -0.39 is 0 Å². The summed E-state index contributed by atoms with van der Waals surface area (Å²) in [5.41, 5.74) is 1.35. The molecule has 2 N–H and O–H groups in total. The van der Waals surface area contributed by atoms with Crippen LogP contribution in [0.4, 0.5) is 0 Å². The van der Waals surface area contributed by atoms with Crippen molar-refractivity contribution in [1.29, 1.82) is 0 Å². The van der Waals surface area contributed by atoms with Crippen molar-refractivity contribution in [1.82, 2.24) is 10.6 Å². The van der Waals surface area contributed by atoms with Gasteiger partial charge in [-0.05, 0) is 30.8 Å². The molecule has 0 fully saturated rings. The highest BCUT2D eigenvalue weighted by molar-refractivity contribution is 8.14. The summed E-state index contributed by atoms with van der Waals surface area (Å²) in [5.74, 6) is 1.19. The van der Waals surface area contributed by atoms with Gasteiger partial charge in [-0.25, -0.2) is 0 Å². The number of amides is 1. The number of carbonyl (C=O) groups is 1. The summed E-state index contributed by atoms with van der Waals surface area (Å²) < 4.78 is 5.26. The molecule has 20 heavy (non-hydrogen) atoms. The van der Waals surface area contributed by atoms with E-state index in [1.165, 1.54) is 0 Å². The van der Waals surface area contributed by atoms with Crippen LogP contribution in [0.25, 0.3) is 0 Å². The number of benzene rings is 1. The maximum absolute atomic E-state index is 12.2. The minimum Gasteiger partial charge on any atom is -0.496 e. The number of hydrogen-bond donors (Lipinski definition) is 2. The second-order valence-electron chi connectivity index (χ2n) is 4.10. The summed E-state index contributed by atoms with van der Waals surface area (Å²) >= 11 is 6.68. The summed E-state index contributed by atoms with van der Waals surface area (Å²) in [6.45, 7) is 2.66. The summed E-state index contributed by atoms with van der Waals surface area (Å²) in [4.78, 5) is 16.4. The molecular formula is C13H15N3O2S2. The fraction of sp³-hybridized carbons (Fsp3) is 0.308. The third-order valence-electron chi connectivity index (χ3n) is 2.69. The maximum atomic E-state index is 12.2. The second-order valence-corrected chi connectivity index (χ2v) is 5.59. The number of nitrogens with one attached hydrogen (secondary N) is 2. The zero-order valence-corrected chi connectivity index (χ0v) is 12.9. The van der Waals surface area contributed by atoms with Gasteiger partial charge in [0.1, 0.15) is 5.75 Å². The van der Waals surface area contributed by atoms with Crippen LogP contribution in [0.5, 0.6) is 5.75 Å².